The number of aromatic nitrogens is 2. The Morgan fingerprint density at radius 1 is 1.00 bits per heavy atom. The van der Waals surface area contributed by atoms with Gasteiger partial charge in [0.05, 0.1) is 5.39 Å². The van der Waals surface area contributed by atoms with Crippen molar-refractivity contribution in [3.8, 4) is 11.6 Å². The highest BCUT2D eigenvalue weighted by Gasteiger charge is 2.12. The van der Waals surface area contributed by atoms with Crippen LogP contribution in [0.25, 0.3) is 10.2 Å². The molecule has 0 atom stereocenters. The van der Waals surface area contributed by atoms with Crippen molar-refractivity contribution in [1.29, 1.82) is 0 Å². The van der Waals surface area contributed by atoms with E-state index in [2.05, 4.69) is 16.0 Å². The van der Waals surface area contributed by atoms with Crippen molar-refractivity contribution in [2.24, 2.45) is 0 Å². The number of benzene rings is 1. The monoisotopic (exact) mass is 304 g/mol. The minimum atomic E-state index is 0.207. The van der Waals surface area contributed by atoms with Crippen molar-refractivity contribution < 1.29 is 4.74 Å². The number of fused-ring (bicyclic) bond motifs is 1. The Bertz CT molecular complexity index is 778. The van der Waals surface area contributed by atoms with Gasteiger partial charge >= 0.3 is 0 Å². The van der Waals surface area contributed by atoms with E-state index in [9.17, 15) is 0 Å². The maximum atomic E-state index is 5.97. The fraction of sp³-hybridized carbons (Fsp3) is 0.200. The van der Waals surface area contributed by atoms with Crippen LogP contribution in [0.1, 0.15) is 16.0 Å². The summed E-state index contributed by atoms with van der Waals surface area (Å²) in [7, 11) is 0. The number of rotatable bonds is 2. The van der Waals surface area contributed by atoms with Crippen molar-refractivity contribution >= 4 is 33.2 Å². The van der Waals surface area contributed by atoms with E-state index in [1.54, 1.807) is 11.3 Å². The summed E-state index contributed by atoms with van der Waals surface area (Å²) in [6, 6.07) is 8.08. The fourth-order valence-corrected chi connectivity index (χ4v) is 3.25. The van der Waals surface area contributed by atoms with Crippen LogP contribution in [0.3, 0.4) is 0 Å². The molecule has 0 N–H and O–H groups in total. The third-order valence-corrected chi connectivity index (χ3v) is 3.98. The number of thiophene rings is 1. The molecule has 102 valence electrons. The largest absolute Gasteiger partial charge is 0.438 e. The van der Waals surface area contributed by atoms with Gasteiger partial charge in [-0.05, 0) is 61.7 Å². The quantitative estimate of drug-likeness (QED) is 0.620. The van der Waals surface area contributed by atoms with E-state index in [0.29, 0.717) is 5.88 Å². The number of hydrogen-bond donors (Lipinski definition) is 0. The van der Waals surface area contributed by atoms with Crippen molar-refractivity contribution in [2.75, 3.05) is 0 Å². The van der Waals surface area contributed by atoms with Gasteiger partial charge in [-0.25, -0.2) is 4.98 Å². The molecule has 0 fully saturated rings. The topological polar surface area (TPSA) is 35.0 Å². The molecule has 1 aromatic carbocycles. The van der Waals surface area contributed by atoms with Crippen LogP contribution in [-0.4, -0.2) is 9.97 Å². The van der Waals surface area contributed by atoms with Crippen LogP contribution in [0, 0.1) is 20.8 Å². The number of hydrogen-bond acceptors (Lipinski definition) is 4. The molecule has 2 aromatic heterocycles. The van der Waals surface area contributed by atoms with Gasteiger partial charge in [0, 0.05) is 4.88 Å². The van der Waals surface area contributed by atoms with E-state index in [-0.39, 0.29) is 5.28 Å². The lowest BCUT2D eigenvalue weighted by Crippen LogP contribution is -1.92. The summed E-state index contributed by atoms with van der Waals surface area (Å²) in [5.74, 6) is 1.27. The van der Waals surface area contributed by atoms with Crippen molar-refractivity contribution in [2.45, 2.75) is 20.8 Å². The maximum absolute atomic E-state index is 5.97. The molecular weight excluding hydrogens is 292 g/mol. The molecular formula is C15H13ClN2OS. The zero-order valence-corrected chi connectivity index (χ0v) is 13.0. The third-order valence-electron chi connectivity index (χ3n) is 2.86. The summed E-state index contributed by atoms with van der Waals surface area (Å²) in [5, 5.41) is 1.11. The Kier molecular flexibility index (Phi) is 3.36. The lowest BCUT2D eigenvalue weighted by Gasteiger charge is -2.08. The third kappa shape index (κ3) is 2.62. The van der Waals surface area contributed by atoms with Crippen LogP contribution in [-0.2, 0) is 0 Å². The minimum absolute atomic E-state index is 0.207. The Hall–Kier alpha value is -1.65. The maximum Gasteiger partial charge on any atom is 0.232 e. The standard InChI is InChI=1S/C15H13ClN2OS/c1-8-4-9(2)6-11(5-8)19-13-12-7-10(3)20-14(12)18-15(16)17-13/h4-7H,1-3H3. The van der Waals surface area contributed by atoms with Gasteiger partial charge < -0.3 is 4.74 Å². The van der Waals surface area contributed by atoms with Crippen LogP contribution in [0.5, 0.6) is 11.6 Å². The molecule has 0 bridgehead atoms. The summed E-state index contributed by atoms with van der Waals surface area (Å²) in [6.45, 7) is 6.11. The average Bonchev–Trinajstić information content (AvgIpc) is 2.68. The molecule has 0 radical (unpaired) electrons. The Morgan fingerprint density at radius 3 is 2.40 bits per heavy atom. The first-order chi connectivity index (χ1) is 9.51. The Labute approximate surface area is 126 Å². The zero-order chi connectivity index (χ0) is 14.3. The Balaban J connectivity index is 2.09. The minimum Gasteiger partial charge on any atom is -0.438 e. The lowest BCUT2D eigenvalue weighted by molar-refractivity contribution is 0.467. The molecule has 5 heteroatoms. The molecule has 0 amide bonds. The molecule has 3 rings (SSSR count). The van der Waals surface area contributed by atoms with Gasteiger partial charge in [-0.15, -0.1) is 11.3 Å². The molecule has 3 aromatic rings. The molecule has 0 aliphatic heterocycles. The second-order valence-electron chi connectivity index (χ2n) is 4.80. The summed E-state index contributed by atoms with van der Waals surface area (Å²) in [6.07, 6.45) is 0. The molecule has 0 spiro atoms. The first-order valence-corrected chi connectivity index (χ1v) is 7.40. The molecule has 0 saturated carbocycles. The van der Waals surface area contributed by atoms with Gasteiger partial charge in [-0.1, -0.05) is 6.07 Å². The number of aryl methyl sites for hydroxylation is 3. The van der Waals surface area contributed by atoms with Crippen LogP contribution in [0.4, 0.5) is 0 Å². The predicted molar refractivity (Wildman–Crippen MR) is 83.2 cm³/mol. The van der Waals surface area contributed by atoms with Gasteiger partial charge in [0.2, 0.25) is 11.2 Å². The normalized spacial score (nSPS) is 11.0. The van der Waals surface area contributed by atoms with E-state index in [4.69, 9.17) is 16.3 Å². The molecule has 2 heterocycles. The Morgan fingerprint density at radius 2 is 1.70 bits per heavy atom. The van der Waals surface area contributed by atoms with Crippen molar-refractivity contribution in [3.63, 3.8) is 0 Å². The first-order valence-electron chi connectivity index (χ1n) is 6.21. The second kappa shape index (κ2) is 5.04. The molecule has 3 nitrogen and oxygen atoms in total. The molecule has 0 aliphatic carbocycles. The molecule has 0 unspecified atom stereocenters. The number of ether oxygens (including phenoxy) is 1. The molecule has 0 saturated heterocycles. The van der Waals surface area contributed by atoms with Crippen LogP contribution in [0.15, 0.2) is 24.3 Å². The summed E-state index contributed by atoms with van der Waals surface area (Å²) >= 11 is 7.55. The van der Waals surface area contributed by atoms with E-state index < -0.39 is 0 Å². The highest BCUT2D eigenvalue weighted by molar-refractivity contribution is 7.18. The van der Waals surface area contributed by atoms with Gasteiger partial charge in [0.1, 0.15) is 10.6 Å². The summed E-state index contributed by atoms with van der Waals surface area (Å²) in [5.41, 5.74) is 2.30. The first kappa shape index (κ1) is 13.3. The fourth-order valence-electron chi connectivity index (χ4n) is 2.17. The zero-order valence-electron chi connectivity index (χ0n) is 11.4. The average molecular weight is 305 g/mol. The van der Waals surface area contributed by atoms with Gasteiger partial charge in [0.25, 0.3) is 0 Å². The SMILES string of the molecule is Cc1cc(C)cc(Oc2nc(Cl)nc3sc(C)cc23)c1. The van der Waals surface area contributed by atoms with Crippen molar-refractivity contribution in [3.05, 3.63) is 45.6 Å². The number of nitrogens with zero attached hydrogens (tertiary/aromatic N) is 2. The van der Waals surface area contributed by atoms with E-state index in [1.165, 1.54) is 0 Å². The summed E-state index contributed by atoms with van der Waals surface area (Å²) < 4.78 is 5.92. The van der Waals surface area contributed by atoms with Crippen LogP contribution < -0.4 is 4.74 Å². The number of halogens is 1. The second-order valence-corrected chi connectivity index (χ2v) is 6.37. The van der Waals surface area contributed by atoms with E-state index in [1.807, 2.05) is 39.0 Å². The summed E-state index contributed by atoms with van der Waals surface area (Å²) in [4.78, 5) is 10.4. The lowest BCUT2D eigenvalue weighted by atomic mass is 10.1. The highest BCUT2D eigenvalue weighted by atomic mass is 35.5. The van der Waals surface area contributed by atoms with Gasteiger partial charge in [-0.3, -0.25) is 0 Å². The van der Waals surface area contributed by atoms with Crippen molar-refractivity contribution in [1.82, 2.24) is 9.97 Å². The molecule has 20 heavy (non-hydrogen) atoms. The smallest absolute Gasteiger partial charge is 0.232 e. The predicted octanol–water partition coefficient (Wildman–Crippen LogP) is 5.06. The van der Waals surface area contributed by atoms with E-state index >= 15 is 0 Å². The van der Waals surface area contributed by atoms with Crippen LogP contribution >= 0.6 is 22.9 Å². The molecule has 0 aliphatic rings. The van der Waals surface area contributed by atoms with Crippen LogP contribution in [0.2, 0.25) is 5.28 Å². The van der Waals surface area contributed by atoms with Gasteiger partial charge in [0.15, 0.2) is 0 Å². The highest BCUT2D eigenvalue weighted by Crippen LogP contribution is 2.33. The van der Waals surface area contributed by atoms with Gasteiger partial charge in [-0.2, -0.15) is 4.98 Å². The van der Waals surface area contributed by atoms with E-state index in [0.717, 1.165) is 32.0 Å².